The molecule has 0 saturated carbocycles. The number of likely N-dealkylation sites (tertiary alicyclic amines) is 1. The smallest absolute Gasteiger partial charge is 0.242 e. The van der Waals surface area contributed by atoms with Crippen molar-refractivity contribution in [3.8, 4) is 11.5 Å². The fourth-order valence-electron chi connectivity index (χ4n) is 3.72. The molecule has 27 heavy (non-hydrogen) atoms. The van der Waals surface area contributed by atoms with Gasteiger partial charge < -0.3 is 29.1 Å². The molecule has 2 saturated heterocycles. The maximum absolute atomic E-state index is 13.0. The van der Waals surface area contributed by atoms with Crippen molar-refractivity contribution in [2.45, 2.75) is 25.0 Å². The molecule has 2 atom stereocenters. The highest BCUT2D eigenvalue weighted by atomic mass is 16.5. The Morgan fingerprint density at radius 2 is 2.04 bits per heavy atom. The molecule has 0 aromatic heterocycles. The Kier molecular flexibility index (Phi) is 6.18. The third-order valence-corrected chi connectivity index (χ3v) is 5.10. The zero-order valence-corrected chi connectivity index (χ0v) is 15.7. The molecule has 2 aliphatic heterocycles. The van der Waals surface area contributed by atoms with Gasteiger partial charge in [-0.1, -0.05) is 6.07 Å². The van der Waals surface area contributed by atoms with E-state index in [1.165, 1.54) is 0 Å². The molecular formula is C19H26N2O6. The highest BCUT2D eigenvalue weighted by Crippen LogP contribution is 2.35. The van der Waals surface area contributed by atoms with E-state index >= 15 is 0 Å². The van der Waals surface area contributed by atoms with Crippen LogP contribution in [-0.4, -0.2) is 79.9 Å². The van der Waals surface area contributed by atoms with E-state index in [9.17, 15) is 14.7 Å². The van der Waals surface area contributed by atoms with E-state index in [-0.39, 0.29) is 25.0 Å². The van der Waals surface area contributed by atoms with Crippen LogP contribution in [-0.2, 0) is 14.3 Å². The third-order valence-electron chi connectivity index (χ3n) is 5.10. The standard InChI is InChI=1S/C19H26N2O6/c1-25-14-6-5-13(10-15(14)26-2)19-16(12-22)27-9-8-21(19)18(24)11-20-7-3-4-17(20)23/h5-6,10,16,19,22H,3-4,7-9,11-12H2,1-2H3/t16-,19-/m1/s1. The Morgan fingerprint density at radius 1 is 1.26 bits per heavy atom. The second-order valence-corrected chi connectivity index (χ2v) is 6.66. The monoisotopic (exact) mass is 378 g/mol. The lowest BCUT2D eigenvalue weighted by Crippen LogP contribution is -2.52. The van der Waals surface area contributed by atoms with Crippen LogP contribution in [0.15, 0.2) is 18.2 Å². The molecule has 0 spiro atoms. The number of carbonyl (C=O) groups excluding carboxylic acids is 2. The van der Waals surface area contributed by atoms with Gasteiger partial charge in [-0.3, -0.25) is 9.59 Å². The second-order valence-electron chi connectivity index (χ2n) is 6.66. The van der Waals surface area contributed by atoms with Crippen LogP contribution in [0.25, 0.3) is 0 Å². The van der Waals surface area contributed by atoms with Gasteiger partial charge in [-0.15, -0.1) is 0 Å². The summed E-state index contributed by atoms with van der Waals surface area (Å²) in [5, 5.41) is 9.79. The second kappa shape index (κ2) is 8.58. The molecule has 2 fully saturated rings. The van der Waals surface area contributed by atoms with Gasteiger partial charge in [0.2, 0.25) is 11.8 Å². The van der Waals surface area contributed by atoms with E-state index in [4.69, 9.17) is 14.2 Å². The van der Waals surface area contributed by atoms with Crippen LogP contribution >= 0.6 is 0 Å². The van der Waals surface area contributed by atoms with E-state index in [0.717, 1.165) is 12.0 Å². The van der Waals surface area contributed by atoms with Crippen LogP contribution in [0.5, 0.6) is 11.5 Å². The van der Waals surface area contributed by atoms with Gasteiger partial charge in [0.15, 0.2) is 11.5 Å². The van der Waals surface area contributed by atoms with Crippen molar-refractivity contribution in [3.05, 3.63) is 23.8 Å². The summed E-state index contributed by atoms with van der Waals surface area (Å²) in [4.78, 5) is 28.1. The predicted octanol–water partition coefficient (Wildman–Crippen LogP) is 0.587. The lowest BCUT2D eigenvalue weighted by atomic mass is 9.97. The van der Waals surface area contributed by atoms with E-state index in [1.54, 1.807) is 36.2 Å². The van der Waals surface area contributed by atoms with E-state index in [0.29, 0.717) is 37.6 Å². The van der Waals surface area contributed by atoms with Gasteiger partial charge in [-0.25, -0.2) is 0 Å². The Balaban J connectivity index is 1.87. The zero-order chi connectivity index (χ0) is 19.4. The molecule has 2 amide bonds. The van der Waals surface area contributed by atoms with E-state index < -0.39 is 12.1 Å². The molecule has 2 heterocycles. The number of hydrogen-bond acceptors (Lipinski definition) is 6. The van der Waals surface area contributed by atoms with Crippen molar-refractivity contribution in [3.63, 3.8) is 0 Å². The number of carbonyl (C=O) groups is 2. The van der Waals surface area contributed by atoms with Gasteiger partial charge in [0.05, 0.1) is 40.0 Å². The van der Waals surface area contributed by atoms with Crippen molar-refractivity contribution in [2.24, 2.45) is 0 Å². The van der Waals surface area contributed by atoms with Gasteiger partial charge in [0.1, 0.15) is 6.10 Å². The minimum atomic E-state index is -0.546. The predicted molar refractivity (Wildman–Crippen MR) is 96.6 cm³/mol. The summed E-state index contributed by atoms with van der Waals surface area (Å²) in [6.07, 6.45) is 0.734. The maximum atomic E-state index is 13.0. The molecule has 8 nitrogen and oxygen atoms in total. The first-order valence-corrected chi connectivity index (χ1v) is 9.10. The Bertz CT molecular complexity index is 695. The van der Waals surface area contributed by atoms with Gasteiger partial charge in [0, 0.05) is 19.5 Å². The summed E-state index contributed by atoms with van der Waals surface area (Å²) in [5.41, 5.74) is 0.785. The quantitative estimate of drug-likeness (QED) is 0.779. The number of aliphatic hydroxyl groups is 1. The fourth-order valence-corrected chi connectivity index (χ4v) is 3.72. The SMILES string of the molecule is COc1ccc([C@@H]2[C@@H](CO)OCCN2C(=O)CN2CCCC2=O)cc1OC. The molecule has 0 bridgehead atoms. The normalized spacial score (nSPS) is 22.9. The number of benzene rings is 1. The van der Waals surface area contributed by atoms with Crippen LogP contribution in [0.2, 0.25) is 0 Å². The van der Waals surface area contributed by atoms with Crippen molar-refractivity contribution in [2.75, 3.05) is 47.1 Å². The molecule has 0 radical (unpaired) electrons. The Morgan fingerprint density at radius 3 is 2.67 bits per heavy atom. The van der Waals surface area contributed by atoms with Gasteiger partial charge in [0.25, 0.3) is 0 Å². The number of rotatable bonds is 6. The number of methoxy groups -OCH3 is 2. The van der Waals surface area contributed by atoms with E-state index in [1.807, 2.05) is 6.07 Å². The summed E-state index contributed by atoms with van der Waals surface area (Å²) in [6.45, 7) is 1.19. The number of hydrogen-bond donors (Lipinski definition) is 1. The third kappa shape index (κ3) is 4.01. The van der Waals surface area contributed by atoms with Crippen molar-refractivity contribution < 1.29 is 28.9 Å². The van der Waals surface area contributed by atoms with Crippen LogP contribution in [0.4, 0.5) is 0 Å². The van der Waals surface area contributed by atoms with Gasteiger partial charge >= 0.3 is 0 Å². The molecule has 0 aliphatic carbocycles. The molecule has 0 unspecified atom stereocenters. The highest BCUT2D eigenvalue weighted by Gasteiger charge is 2.37. The first-order valence-electron chi connectivity index (χ1n) is 9.10. The average molecular weight is 378 g/mol. The lowest BCUT2D eigenvalue weighted by Gasteiger charge is -2.41. The topological polar surface area (TPSA) is 88.5 Å². The Labute approximate surface area is 158 Å². The molecule has 1 aromatic carbocycles. The molecule has 148 valence electrons. The molecule has 1 N–H and O–H groups in total. The van der Waals surface area contributed by atoms with Crippen LogP contribution in [0.3, 0.4) is 0 Å². The molecular weight excluding hydrogens is 352 g/mol. The first-order chi connectivity index (χ1) is 13.1. The lowest BCUT2D eigenvalue weighted by molar-refractivity contribution is -0.153. The van der Waals surface area contributed by atoms with Crippen molar-refractivity contribution in [1.82, 2.24) is 9.80 Å². The van der Waals surface area contributed by atoms with Gasteiger partial charge in [-0.05, 0) is 24.1 Å². The maximum Gasteiger partial charge on any atom is 0.242 e. The van der Waals surface area contributed by atoms with Gasteiger partial charge in [-0.2, -0.15) is 0 Å². The van der Waals surface area contributed by atoms with Crippen LogP contribution < -0.4 is 9.47 Å². The fraction of sp³-hybridized carbons (Fsp3) is 0.579. The minimum Gasteiger partial charge on any atom is -0.493 e. The van der Waals surface area contributed by atoms with E-state index in [2.05, 4.69) is 0 Å². The van der Waals surface area contributed by atoms with Crippen molar-refractivity contribution >= 4 is 11.8 Å². The number of morpholine rings is 1. The number of amides is 2. The summed E-state index contributed by atoms with van der Waals surface area (Å²) in [5.74, 6) is 0.989. The first kappa shape index (κ1) is 19.4. The minimum absolute atomic E-state index is 0.0120. The number of nitrogens with zero attached hydrogens (tertiary/aromatic N) is 2. The summed E-state index contributed by atoms with van der Waals surface area (Å²) in [6, 6.07) is 4.94. The van der Waals surface area contributed by atoms with Crippen LogP contribution in [0, 0.1) is 0 Å². The Hall–Kier alpha value is -2.32. The summed E-state index contributed by atoms with van der Waals surface area (Å²) < 4.78 is 16.3. The molecule has 1 aromatic rings. The zero-order valence-electron chi connectivity index (χ0n) is 15.7. The van der Waals surface area contributed by atoms with Crippen LogP contribution in [0.1, 0.15) is 24.4 Å². The number of aliphatic hydroxyl groups excluding tert-OH is 1. The molecule has 3 rings (SSSR count). The molecule has 8 heteroatoms. The largest absolute Gasteiger partial charge is 0.493 e. The highest BCUT2D eigenvalue weighted by molar-refractivity contribution is 5.86. The average Bonchev–Trinajstić information content (AvgIpc) is 3.11. The summed E-state index contributed by atoms with van der Waals surface area (Å²) in [7, 11) is 3.10. The number of ether oxygens (including phenoxy) is 3. The molecule has 2 aliphatic rings. The van der Waals surface area contributed by atoms with Crippen molar-refractivity contribution in [1.29, 1.82) is 0 Å². The summed E-state index contributed by atoms with van der Waals surface area (Å²) >= 11 is 0.